The average Bonchev–Trinajstić information content (AvgIpc) is 2.73. The first-order chi connectivity index (χ1) is 9.21. The zero-order valence-electron chi connectivity index (χ0n) is 11.8. The minimum Gasteiger partial charge on any atom is -0.481 e. The van der Waals surface area contributed by atoms with Crippen molar-refractivity contribution in [1.82, 2.24) is 10.3 Å². The Kier molecular flexibility index (Phi) is 5.32. The van der Waals surface area contributed by atoms with Crippen LogP contribution in [0.2, 0.25) is 0 Å². The van der Waals surface area contributed by atoms with E-state index in [1.807, 2.05) is 0 Å². The van der Waals surface area contributed by atoms with Gasteiger partial charge in [0.05, 0.1) is 24.4 Å². The van der Waals surface area contributed by atoms with Crippen LogP contribution in [0.3, 0.4) is 0 Å². The summed E-state index contributed by atoms with van der Waals surface area (Å²) >= 11 is 1.18. The van der Waals surface area contributed by atoms with E-state index in [0.717, 1.165) is 0 Å². The molecular weight excluding hydrogens is 284 g/mol. The van der Waals surface area contributed by atoms with E-state index in [0.29, 0.717) is 10.1 Å². The zero-order chi connectivity index (χ0) is 15.3. The molecule has 0 aliphatic carbocycles. The molecule has 0 aromatic carbocycles. The van der Waals surface area contributed by atoms with Crippen LogP contribution in [0.1, 0.15) is 38.1 Å². The molecule has 1 atom stereocenters. The van der Waals surface area contributed by atoms with Crippen LogP contribution >= 0.6 is 11.3 Å². The highest BCUT2D eigenvalue weighted by Crippen LogP contribution is 2.28. The van der Waals surface area contributed by atoms with Crippen molar-refractivity contribution in [3.8, 4) is 5.19 Å². The number of rotatable bonds is 5. The number of thiazole rings is 1. The number of nitrogens with zero attached hydrogens (tertiary/aromatic N) is 1. The van der Waals surface area contributed by atoms with Gasteiger partial charge in [-0.3, -0.25) is 4.79 Å². The van der Waals surface area contributed by atoms with Crippen LogP contribution in [0.4, 0.5) is 4.79 Å². The van der Waals surface area contributed by atoms with Gasteiger partial charge < -0.3 is 19.9 Å². The van der Waals surface area contributed by atoms with Gasteiger partial charge in [0.15, 0.2) is 0 Å². The number of carbonyl (C=O) groups is 2. The maximum atomic E-state index is 11.7. The summed E-state index contributed by atoms with van der Waals surface area (Å²) in [7, 11) is 1.47. The second kappa shape index (κ2) is 6.56. The predicted molar refractivity (Wildman–Crippen MR) is 73.0 cm³/mol. The van der Waals surface area contributed by atoms with Crippen molar-refractivity contribution >= 4 is 23.4 Å². The van der Waals surface area contributed by atoms with Gasteiger partial charge in [-0.15, -0.1) is 0 Å². The maximum absolute atomic E-state index is 11.7. The fourth-order valence-electron chi connectivity index (χ4n) is 1.37. The van der Waals surface area contributed by atoms with Crippen LogP contribution < -0.4 is 10.1 Å². The summed E-state index contributed by atoms with van der Waals surface area (Å²) < 4.78 is 10.1. The summed E-state index contributed by atoms with van der Waals surface area (Å²) in [6, 6.07) is -0.705. The van der Waals surface area contributed by atoms with E-state index in [-0.39, 0.29) is 6.42 Å². The van der Waals surface area contributed by atoms with Crippen LogP contribution in [0.5, 0.6) is 5.19 Å². The first-order valence-corrected chi connectivity index (χ1v) is 6.74. The van der Waals surface area contributed by atoms with Gasteiger partial charge >= 0.3 is 12.1 Å². The van der Waals surface area contributed by atoms with Crippen molar-refractivity contribution in [2.75, 3.05) is 7.11 Å². The number of carboxylic acid groups (broad SMARTS) is 1. The highest BCUT2D eigenvalue weighted by Gasteiger charge is 2.24. The van der Waals surface area contributed by atoms with Gasteiger partial charge in [-0.05, 0) is 20.8 Å². The minimum atomic E-state index is -1.03. The Hall–Kier alpha value is -1.83. The summed E-state index contributed by atoms with van der Waals surface area (Å²) in [4.78, 5) is 27.2. The lowest BCUT2D eigenvalue weighted by Gasteiger charge is -2.22. The summed E-state index contributed by atoms with van der Waals surface area (Å²) in [6.45, 7) is 5.19. The summed E-state index contributed by atoms with van der Waals surface area (Å²) in [5.74, 6) is -1.03. The Morgan fingerprint density at radius 1 is 1.50 bits per heavy atom. The molecule has 0 aliphatic heterocycles. The molecule has 1 unspecified atom stereocenters. The number of aromatic nitrogens is 1. The number of nitrogens with one attached hydrogen (secondary N) is 1. The molecule has 2 N–H and O–H groups in total. The van der Waals surface area contributed by atoms with Gasteiger partial charge in [0, 0.05) is 6.20 Å². The van der Waals surface area contributed by atoms with E-state index >= 15 is 0 Å². The van der Waals surface area contributed by atoms with Crippen molar-refractivity contribution in [3.05, 3.63) is 11.1 Å². The van der Waals surface area contributed by atoms with E-state index in [1.54, 1.807) is 20.8 Å². The number of hydrogen-bond donors (Lipinski definition) is 2. The van der Waals surface area contributed by atoms with Crippen molar-refractivity contribution in [2.45, 2.75) is 38.8 Å². The minimum absolute atomic E-state index is 0.259. The Morgan fingerprint density at radius 3 is 2.60 bits per heavy atom. The molecule has 20 heavy (non-hydrogen) atoms. The van der Waals surface area contributed by atoms with Gasteiger partial charge in [-0.2, -0.15) is 0 Å². The number of aliphatic carboxylic acids is 1. The standard InChI is InChI=1S/C12H18N2O5S/c1-12(2,3)19-10(17)14-7(5-9(15)16)8-6-13-11(18-4)20-8/h6-7H,5H2,1-4H3,(H,14,17)(H,15,16). The van der Waals surface area contributed by atoms with Crippen molar-refractivity contribution in [1.29, 1.82) is 0 Å². The molecule has 0 saturated heterocycles. The van der Waals surface area contributed by atoms with Crippen molar-refractivity contribution < 1.29 is 24.2 Å². The topological polar surface area (TPSA) is 97.8 Å². The molecule has 112 valence electrons. The number of carboxylic acids is 1. The van der Waals surface area contributed by atoms with Gasteiger partial charge in [0.1, 0.15) is 5.60 Å². The van der Waals surface area contributed by atoms with E-state index in [1.165, 1.54) is 24.6 Å². The van der Waals surface area contributed by atoms with E-state index in [4.69, 9.17) is 14.6 Å². The molecule has 1 aromatic rings. The predicted octanol–water partition coefficient (Wildman–Crippen LogP) is 2.19. The molecule has 0 saturated carbocycles. The summed E-state index contributed by atoms with van der Waals surface area (Å²) in [5, 5.41) is 11.9. The quantitative estimate of drug-likeness (QED) is 0.865. The molecule has 0 fully saturated rings. The normalized spacial score (nSPS) is 12.6. The van der Waals surface area contributed by atoms with Gasteiger partial charge in [-0.25, -0.2) is 9.78 Å². The van der Waals surface area contributed by atoms with Crippen LogP contribution in [-0.4, -0.2) is 34.9 Å². The van der Waals surface area contributed by atoms with Crippen LogP contribution in [-0.2, 0) is 9.53 Å². The highest BCUT2D eigenvalue weighted by atomic mass is 32.1. The third-order valence-electron chi connectivity index (χ3n) is 2.09. The maximum Gasteiger partial charge on any atom is 0.408 e. The number of ether oxygens (including phenoxy) is 2. The molecule has 1 amide bonds. The van der Waals surface area contributed by atoms with Gasteiger partial charge in [-0.1, -0.05) is 11.3 Å². The summed E-state index contributed by atoms with van der Waals surface area (Å²) in [6.07, 6.45) is 0.551. The fourth-order valence-corrected chi connectivity index (χ4v) is 2.15. The highest BCUT2D eigenvalue weighted by molar-refractivity contribution is 7.13. The molecule has 0 spiro atoms. The third-order valence-corrected chi connectivity index (χ3v) is 3.16. The fraction of sp³-hybridized carbons (Fsp3) is 0.583. The monoisotopic (exact) mass is 302 g/mol. The molecular formula is C12H18N2O5S. The Labute approximate surface area is 120 Å². The number of alkyl carbamates (subject to hydrolysis) is 1. The molecule has 1 heterocycles. The van der Waals surface area contributed by atoms with Crippen LogP contribution in [0.25, 0.3) is 0 Å². The number of carbonyl (C=O) groups excluding carboxylic acids is 1. The Bertz CT molecular complexity index is 480. The lowest BCUT2D eigenvalue weighted by atomic mass is 10.2. The second-order valence-corrected chi connectivity index (χ2v) is 6.05. The van der Waals surface area contributed by atoms with Crippen molar-refractivity contribution in [3.63, 3.8) is 0 Å². The molecule has 1 aromatic heterocycles. The summed E-state index contributed by atoms with van der Waals surface area (Å²) in [5.41, 5.74) is -0.650. The first-order valence-electron chi connectivity index (χ1n) is 5.92. The number of methoxy groups -OCH3 is 1. The Balaban J connectivity index is 2.79. The van der Waals surface area contributed by atoms with Crippen molar-refractivity contribution in [2.24, 2.45) is 0 Å². The van der Waals surface area contributed by atoms with E-state index in [2.05, 4.69) is 10.3 Å². The smallest absolute Gasteiger partial charge is 0.408 e. The third kappa shape index (κ3) is 5.43. The van der Waals surface area contributed by atoms with Gasteiger partial charge in [0.25, 0.3) is 5.19 Å². The molecule has 1 rings (SSSR count). The molecule has 8 heteroatoms. The van der Waals surface area contributed by atoms with E-state index < -0.39 is 23.7 Å². The second-order valence-electron chi connectivity index (χ2n) is 5.03. The SMILES string of the molecule is COc1ncc(C(CC(=O)O)NC(=O)OC(C)(C)C)s1. The van der Waals surface area contributed by atoms with Crippen LogP contribution in [0.15, 0.2) is 6.20 Å². The molecule has 0 aliphatic rings. The van der Waals surface area contributed by atoms with Gasteiger partial charge in [0.2, 0.25) is 0 Å². The number of amides is 1. The molecule has 7 nitrogen and oxygen atoms in total. The lowest BCUT2D eigenvalue weighted by molar-refractivity contribution is -0.137. The largest absolute Gasteiger partial charge is 0.481 e. The van der Waals surface area contributed by atoms with Crippen LogP contribution in [0, 0.1) is 0 Å². The average molecular weight is 302 g/mol. The number of hydrogen-bond acceptors (Lipinski definition) is 6. The van der Waals surface area contributed by atoms with E-state index in [9.17, 15) is 9.59 Å². The first kappa shape index (κ1) is 16.2. The Morgan fingerprint density at radius 2 is 2.15 bits per heavy atom. The zero-order valence-corrected chi connectivity index (χ0v) is 12.6. The lowest BCUT2D eigenvalue weighted by Crippen LogP contribution is -2.35. The molecule has 0 bridgehead atoms. The molecule has 0 radical (unpaired) electrons.